The van der Waals surface area contributed by atoms with Crippen LogP contribution in [0.4, 0.5) is 17.1 Å². The number of anilines is 1. The van der Waals surface area contributed by atoms with Gasteiger partial charge in [0, 0.05) is 11.8 Å². The van der Waals surface area contributed by atoms with E-state index in [-0.39, 0.29) is 12.3 Å². The molecule has 0 fully saturated rings. The molecule has 1 aliphatic rings. The van der Waals surface area contributed by atoms with Crippen molar-refractivity contribution < 1.29 is 9.66 Å². The van der Waals surface area contributed by atoms with Crippen molar-refractivity contribution in [1.82, 2.24) is 0 Å². The number of nitrogens with one attached hydrogen (secondary N) is 1. The van der Waals surface area contributed by atoms with Gasteiger partial charge in [-0.2, -0.15) is 5.26 Å². The van der Waals surface area contributed by atoms with Crippen LogP contribution in [0.3, 0.4) is 0 Å². The largest absolute Gasteiger partial charge is 0.483 e. The first-order chi connectivity index (χ1) is 10.7. The maximum atomic E-state index is 10.7. The lowest BCUT2D eigenvalue weighted by atomic mass is 10.2. The summed E-state index contributed by atoms with van der Waals surface area (Å²) >= 11 is 0. The molecule has 2 aromatic rings. The van der Waals surface area contributed by atoms with Gasteiger partial charge in [0.1, 0.15) is 18.1 Å². The molecule has 0 aliphatic carbocycles. The van der Waals surface area contributed by atoms with Crippen LogP contribution in [0, 0.1) is 21.4 Å². The highest BCUT2D eigenvalue weighted by Crippen LogP contribution is 2.34. The third kappa shape index (κ3) is 2.71. The molecule has 0 radical (unpaired) electrons. The molecule has 22 heavy (non-hydrogen) atoms. The lowest BCUT2D eigenvalue weighted by molar-refractivity contribution is -0.384. The molecular weight excluding hydrogens is 284 g/mol. The first-order valence-corrected chi connectivity index (χ1v) is 6.42. The van der Waals surface area contributed by atoms with Crippen molar-refractivity contribution in [3.05, 3.63) is 58.1 Å². The monoisotopic (exact) mass is 294 g/mol. The van der Waals surface area contributed by atoms with E-state index in [9.17, 15) is 10.1 Å². The van der Waals surface area contributed by atoms with Crippen LogP contribution in [0.1, 0.15) is 5.56 Å². The number of nitro groups is 1. The van der Waals surface area contributed by atoms with Gasteiger partial charge in [0.25, 0.3) is 5.69 Å². The Labute approximate surface area is 125 Å². The number of fused-ring (bicyclic) bond motifs is 1. The Morgan fingerprint density at radius 1 is 1.27 bits per heavy atom. The van der Waals surface area contributed by atoms with Crippen molar-refractivity contribution in [2.75, 3.05) is 11.9 Å². The molecule has 0 amide bonds. The van der Waals surface area contributed by atoms with Crippen LogP contribution >= 0.6 is 0 Å². The van der Waals surface area contributed by atoms with Gasteiger partial charge in [-0.15, -0.1) is 0 Å². The van der Waals surface area contributed by atoms with Crippen molar-refractivity contribution in [1.29, 1.82) is 5.26 Å². The van der Waals surface area contributed by atoms with Gasteiger partial charge in [0.05, 0.1) is 22.6 Å². The number of nitrogens with zero attached hydrogens (tertiary/aromatic N) is 3. The fraction of sp³-hybridized carbons (Fsp3) is 0.0667. The number of aliphatic imine (C=N–C) groups is 1. The van der Waals surface area contributed by atoms with Crippen molar-refractivity contribution in [3.8, 4) is 11.8 Å². The molecular formula is C15H10N4O3. The second-order valence-corrected chi connectivity index (χ2v) is 4.57. The van der Waals surface area contributed by atoms with E-state index in [0.29, 0.717) is 22.8 Å². The minimum absolute atomic E-state index is 0.0301. The predicted octanol–water partition coefficient (Wildman–Crippen LogP) is 3.00. The maximum absolute atomic E-state index is 10.7. The standard InChI is InChI=1S/C15H10N4O3/c16-8-10-1-3-11(4-2-10)17-15-9-22-14-7-12(19(20)21)5-6-13(14)18-15/h1-7H,9H2,(H,17,18). The Balaban J connectivity index is 1.81. The molecule has 1 N–H and O–H groups in total. The third-order valence-electron chi connectivity index (χ3n) is 3.08. The minimum Gasteiger partial charge on any atom is -0.483 e. The van der Waals surface area contributed by atoms with E-state index in [2.05, 4.69) is 10.3 Å². The zero-order valence-corrected chi connectivity index (χ0v) is 11.3. The Morgan fingerprint density at radius 3 is 2.73 bits per heavy atom. The second kappa shape index (κ2) is 5.54. The minimum atomic E-state index is -0.474. The highest BCUT2D eigenvalue weighted by Gasteiger charge is 2.17. The quantitative estimate of drug-likeness (QED) is 0.677. The molecule has 1 aliphatic heterocycles. The van der Waals surface area contributed by atoms with E-state index < -0.39 is 4.92 Å². The molecule has 108 valence electrons. The average Bonchev–Trinajstić information content (AvgIpc) is 2.55. The van der Waals surface area contributed by atoms with E-state index in [1.807, 2.05) is 6.07 Å². The topological polar surface area (TPSA) is 101 Å². The number of hydrogen-bond acceptors (Lipinski definition) is 6. The Bertz CT molecular complexity index is 807. The van der Waals surface area contributed by atoms with Gasteiger partial charge in [-0.1, -0.05) is 0 Å². The van der Waals surface area contributed by atoms with Gasteiger partial charge in [-0.25, -0.2) is 4.99 Å². The highest BCUT2D eigenvalue weighted by atomic mass is 16.6. The summed E-state index contributed by atoms with van der Waals surface area (Å²) in [5.41, 5.74) is 1.86. The van der Waals surface area contributed by atoms with Crippen molar-refractivity contribution in [2.45, 2.75) is 0 Å². The number of ether oxygens (including phenoxy) is 1. The summed E-state index contributed by atoms with van der Waals surface area (Å²) in [7, 11) is 0. The summed E-state index contributed by atoms with van der Waals surface area (Å²) in [6.45, 7) is 0.189. The second-order valence-electron chi connectivity index (χ2n) is 4.57. The summed E-state index contributed by atoms with van der Waals surface area (Å²) < 4.78 is 5.49. The van der Waals surface area contributed by atoms with Gasteiger partial charge < -0.3 is 10.1 Å². The summed E-state index contributed by atoms with van der Waals surface area (Å²) in [5.74, 6) is 0.977. The normalized spacial score (nSPS) is 12.4. The molecule has 3 rings (SSSR count). The summed E-state index contributed by atoms with van der Waals surface area (Å²) in [4.78, 5) is 14.6. The van der Waals surface area contributed by atoms with Crippen molar-refractivity contribution in [3.63, 3.8) is 0 Å². The fourth-order valence-electron chi connectivity index (χ4n) is 2.01. The number of rotatable bonds is 2. The van der Waals surface area contributed by atoms with Gasteiger partial charge in [-0.3, -0.25) is 10.1 Å². The third-order valence-corrected chi connectivity index (χ3v) is 3.08. The summed E-state index contributed by atoms with van der Waals surface area (Å²) in [5, 5.41) is 22.6. The SMILES string of the molecule is N#Cc1ccc(NC2=Nc3ccc([N+](=O)[O-])cc3OC2)cc1. The Morgan fingerprint density at radius 2 is 2.05 bits per heavy atom. The van der Waals surface area contributed by atoms with Crippen LogP contribution in [0.25, 0.3) is 0 Å². The molecule has 2 aromatic carbocycles. The van der Waals surface area contributed by atoms with Crippen molar-refractivity contribution in [2.24, 2.45) is 4.99 Å². The van der Waals surface area contributed by atoms with E-state index in [1.165, 1.54) is 12.1 Å². The Kier molecular flexibility index (Phi) is 3.42. The Hall–Kier alpha value is -3.40. The van der Waals surface area contributed by atoms with Crippen LogP contribution in [-0.4, -0.2) is 17.4 Å². The van der Waals surface area contributed by atoms with Gasteiger partial charge in [0.15, 0.2) is 5.75 Å². The molecule has 0 atom stereocenters. The van der Waals surface area contributed by atoms with Gasteiger partial charge in [-0.05, 0) is 30.3 Å². The van der Waals surface area contributed by atoms with E-state index in [0.717, 1.165) is 5.69 Å². The molecule has 0 aromatic heterocycles. The number of non-ortho nitro benzene ring substituents is 1. The molecule has 0 spiro atoms. The predicted molar refractivity (Wildman–Crippen MR) is 80.5 cm³/mol. The number of benzene rings is 2. The zero-order chi connectivity index (χ0) is 15.5. The number of nitriles is 1. The summed E-state index contributed by atoms with van der Waals surface area (Å²) in [6, 6.07) is 13.3. The summed E-state index contributed by atoms with van der Waals surface area (Å²) in [6.07, 6.45) is 0. The van der Waals surface area contributed by atoms with Gasteiger partial charge in [0.2, 0.25) is 0 Å². The smallest absolute Gasteiger partial charge is 0.273 e. The number of amidine groups is 1. The molecule has 0 unspecified atom stereocenters. The van der Waals surface area contributed by atoms with Crippen LogP contribution in [-0.2, 0) is 0 Å². The van der Waals surface area contributed by atoms with E-state index in [4.69, 9.17) is 10.00 Å². The van der Waals surface area contributed by atoms with Gasteiger partial charge >= 0.3 is 0 Å². The zero-order valence-electron chi connectivity index (χ0n) is 11.3. The maximum Gasteiger partial charge on any atom is 0.273 e. The molecule has 0 bridgehead atoms. The first-order valence-electron chi connectivity index (χ1n) is 6.42. The first kappa shape index (κ1) is 13.6. The molecule has 0 saturated heterocycles. The fourth-order valence-corrected chi connectivity index (χ4v) is 2.01. The van der Waals surface area contributed by atoms with E-state index >= 15 is 0 Å². The number of nitro benzene ring substituents is 1. The lowest BCUT2D eigenvalue weighted by Crippen LogP contribution is -2.23. The molecule has 7 nitrogen and oxygen atoms in total. The van der Waals surface area contributed by atoms with Crippen LogP contribution in [0.15, 0.2) is 47.5 Å². The van der Waals surface area contributed by atoms with Crippen molar-refractivity contribution >= 4 is 22.9 Å². The average molecular weight is 294 g/mol. The molecule has 1 heterocycles. The van der Waals surface area contributed by atoms with Crippen LogP contribution in [0.2, 0.25) is 0 Å². The van der Waals surface area contributed by atoms with E-state index in [1.54, 1.807) is 30.3 Å². The van der Waals surface area contributed by atoms with Crippen LogP contribution in [0.5, 0.6) is 5.75 Å². The van der Waals surface area contributed by atoms with Crippen LogP contribution < -0.4 is 10.1 Å². The molecule has 0 saturated carbocycles. The highest BCUT2D eigenvalue weighted by molar-refractivity contribution is 5.99. The number of hydrogen-bond donors (Lipinski definition) is 1. The lowest BCUT2D eigenvalue weighted by Gasteiger charge is -2.17. The molecule has 7 heteroatoms.